The van der Waals surface area contributed by atoms with Crippen molar-refractivity contribution in [1.82, 2.24) is 5.32 Å². The Balaban J connectivity index is 2.12. The summed E-state index contributed by atoms with van der Waals surface area (Å²) in [6.45, 7) is 7.34. The van der Waals surface area contributed by atoms with E-state index in [2.05, 4.69) is 17.4 Å². The zero-order chi connectivity index (χ0) is 19.3. The maximum atomic E-state index is 12.3. The van der Waals surface area contributed by atoms with Crippen LogP contribution in [0.4, 0.5) is 10.5 Å². The first-order valence-electron chi connectivity index (χ1n) is 8.86. The SMILES string of the molecule is CCOC(=O)[C@H](CC1=CN(C)c2ccccc2C1)NC(=O)OC(C)(C)C. The molecule has 0 radical (unpaired) electrons. The van der Waals surface area contributed by atoms with Crippen molar-refractivity contribution in [3.8, 4) is 0 Å². The molecule has 0 saturated heterocycles. The van der Waals surface area contributed by atoms with Crippen molar-refractivity contribution in [3.05, 3.63) is 41.6 Å². The van der Waals surface area contributed by atoms with E-state index < -0.39 is 23.7 Å². The molecule has 2 rings (SSSR count). The van der Waals surface area contributed by atoms with Gasteiger partial charge in [0.15, 0.2) is 0 Å². The fourth-order valence-corrected chi connectivity index (χ4v) is 2.91. The standard InChI is InChI=1S/C20H28N2O4/c1-6-25-18(23)16(21-19(24)26-20(2,3)4)12-14-11-15-9-7-8-10-17(15)22(5)13-14/h7-10,13,16H,6,11-12H2,1-5H3,(H,21,24)/t16-/m0/s1. The van der Waals surface area contributed by atoms with Crippen LogP contribution in [-0.2, 0) is 20.7 Å². The summed E-state index contributed by atoms with van der Waals surface area (Å²) in [4.78, 5) is 26.5. The Morgan fingerprint density at radius 3 is 2.62 bits per heavy atom. The van der Waals surface area contributed by atoms with Crippen LogP contribution < -0.4 is 10.2 Å². The molecule has 0 aliphatic carbocycles. The van der Waals surface area contributed by atoms with Gasteiger partial charge in [0.05, 0.1) is 6.61 Å². The Morgan fingerprint density at radius 1 is 1.27 bits per heavy atom. The van der Waals surface area contributed by atoms with Gasteiger partial charge in [0.1, 0.15) is 11.6 Å². The number of carbonyl (C=O) groups excluding carboxylic acids is 2. The fourth-order valence-electron chi connectivity index (χ4n) is 2.91. The molecule has 26 heavy (non-hydrogen) atoms. The lowest BCUT2D eigenvalue weighted by molar-refractivity contribution is -0.145. The van der Waals surface area contributed by atoms with Gasteiger partial charge in [0.2, 0.25) is 0 Å². The monoisotopic (exact) mass is 360 g/mol. The zero-order valence-electron chi connectivity index (χ0n) is 16.2. The molecule has 0 spiro atoms. The average molecular weight is 360 g/mol. The minimum absolute atomic E-state index is 0.257. The van der Waals surface area contributed by atoms with Gasteiger partial charge in [0, 0.05) is 25.4 Å². The van der Waals surface area contributed by atoms with E-state index in [0.29, 0.717) is 6.42 Å². The quantitative estimate of drug-likeness (QED) is 0.815. The Labute approximate surface area is 155 Å². The van der Waals surface area contributed by atoms with Crippen LogP contribution in [0.5, 0.6) is 0 Å². The van der Waals surface area contributed by atoms with Crippen LogP contribution in [0.1, 0.15) is 39.7 Å². The topological polar surface area (TPSA) is 67.9 Å². The van der Waals surface area contributed by atoms with Gasteiger partial charge in [-0.1, -0.05) is 18.2 Å². The predicted octanol–water partition coefficient (Wildman–Crippen LogP) is 3.41. The van der Waals surface area contributed by atoms with Crippen molar-refractivity contribution in [3.63, 3.8) is 0 Å². The number of anilines is 1. The Hall–Kier alpha value is -2.50. The van der Waals surface area contributed by atoms with Crippen molar-refractivity contribution in [2.45, 2.75) is 52.2 Å². The molecule has 0 saturated carbocycles. The molecule has 0 bridgehead atoms. The summed E-state index contributed by atoms with van der Waals surface area (Å²) in [6, 6.07) is 7.34. The van der Waals surface area contributed by atoms with Crippen LogP contribution in [-0.4, -0.2) is 37.4 Å². The number of hydrogen-bond donors (Lipinski definition) is 1. The number of para-hydroxylation sites is 1. The van der Waals surface area contributed by atoms with Gasteiger partial charge in [-0.05, 0) is 51.3 Å². The van der Waals surface area contributed by atoms with Gasteiger partial charge in [-0.3, -0.25) is 0 Å². The third kappa shape index (κ3) is 5.51. The Morgan fingerprint density at radius 2 is 1.96 bits per heavy atom. The number of benzene rings is 1. The molecule has 1 amide bonds. The van der Waals surface area contributed by atoms with Gasteiger partial charge in [-0.2, -0.15) is 0 Å². The van der Waals surface area contributed by atoms with Crippen LogP contribution in [0.25, 0.3) is 0 Å². The Bertz CT molecular complexity index is 691. The van der Waals surface area contributed by atoms with Crippen molar-refractivity contribution in [1.29, 1.82) is 0 Å². The second-order valence-corrected chi connectivity index (χ2v) is 7.36. The molecule has 1 aliphatic heterocycles. The molecule has 6 nitrogen and oxygen atoms in total. The molecule has 1 aromatic rings. The lowest BCUT2D eigenvalue weighted by atomic mass is 9.95. The van der Waals surface area contributed by atoms with Crippen LogP contribution in [0.3, 0.4) is 0 Å². The van der Waals surface area contributed by atoms with Crippen molar-refractivity contribution >= 4 is 17.7 Å². The number of ether oxygens (including phenoxy) is 2. The second-order valence-electron chi connectivity index (χ2n) is 7.36. The molecular weight excluding hydrogens is 332 g/mol. The van der Waals surface area contributed by atoms with Crippen LogP contribution in [0, 0.1) is 0 Å². The first kappa shape index (κ1) is 19.8. The minimum atomic E-state index is -0.783. The highest BCUT2D eigenvalue weighted by Crippen LogP contribution is 2.29. The van der Waals surface area contributed by atoms with Crippen molar-refractivity contribution in [2.75, 3.05) is 18.6 Å². The fraction of sp³-hybridized carbons (Fsp3) is 0.500. The summed E-state index contributed by atoms with van der Waals surface area (Å²) >= 11 is 0. The number of alkyl carbamates (subject to hydrolysis) is 1. The van der Waals surface area contributed by atoms with E-state index in [1.165, 1.54) is 5.56 Å². The summed E-state index contributed by atoms with van der Waals surface area (Å²) < 4.78 is 10.4. The first-order valence-corrected chi connectivity index (χ1v) is 8.86. The molecule has 0 unspecified atom stereocenters. The van der Waals surface area contributed by atoms with Crippen molar-refractivity contribution < 1.29 is 19.1 Å². The third-order valence-corrected chi connectivity index (χ3v) is 3.89. The van der Waals surface area contributed by atoms with Gasteiger partial charge in [-0.25, -0.2) is 9.59 Å². The lowest BCUT2D eigenvalue weighted by Crippen LogP contribution is -2.44. The highest BCUT2D eigenvalue weighted by atomic mass is 16.6. The van der Waals surface area contributed by atoms with E-state index in [9.17, 15) is 9.59 Å². The normalized spacial score (nSPS) is 14.8. The number of hydrogen-bond acceptors (Lipinski definition) is 5. The van der Waals surface area contributed by atoms with Crippen LogP contribution in [0.2, 0.25) is 0 Å². The molecule has 1 aromatic carbocycles. The number of esters is 1. The number of nitrogens with one attached hydrogen (secondary N) is 1. The zero-order valence-corrected chi connectivity index (χ0v) is 16.2. The van der Waals surface area contributed by atoms with E-state index >= 15 is 0 Å². The smallest absolute Gasteiger partial charge is 0.408 e. The molecule has 1 atom stereocenters. The summed E-state index contributed by atoms with van der Waals surface area (Å²) in [6.07, 6.45) is 2.48. The predicted molar refractivity (Wildman–Crippen MR) is 101 cm³/mol. The number of carbonyl (C=O) groups is 2. The number of nitrogens with zero attached hydrogens (tertiary/aromatic N) is 1. The summed E-state index contributed by atoms with van der Waals surface area (Å²) in [7, 11) is 1.97. The molecule has 1 aliphatic rings. The second kappa shape index (κ2) is 8.25. The maximum absolute atomic E-state index is 12.3. The lowest BCUT2D eigenvalue weighted by Gasteiger charge is -2.28. The van der Waals surface area contributed by atoms with Crippen LogP contribution in [0.15, 0.2) is 36.0 Å². The minimum Gasteiger partial charge on any atom is -0.464 e. The molecule has 0 aromatic heterocycles. The highest BCUT2D eigenvalue weighted by Gasteiger charge is 2.27. The maximum Gasteiger partial charge on any atom is 0.408 e. The van der Waals surface area contributed by atoms with Gasteiger partial charge >= 0.3 is 12.1 Å². The number of rotatable bonds is 5. The van der Waals surface area contributed by atoms with E-state index in [4.69, 9.17) is 9.47 Å². The molecular formula is C20H28N2O4. The van der Waals surface area contributed by atoms with Gasteiger partial charge < -0.3 is 19.7 Å². The first-order chi connectivity index (χ1) is 12.2. The highest BCUT2D eigenvalue weighted by molar-refractivity contribution is 5.82. The van der Waals surface area contributed by atoms with Crippen LogP contribution >= 0.6 is 0 Å². The molecule has 142 valence electrons. The largest absolute Gasteiger partial charge is 0.464 e. The van der Waals surface area contributed by atoms with E-state index in [-0.39, 0.29) is 6.61 Å². The van der Waals surface area contributed by atoms with E-state index in [1.807, 2.05) is 30.3 Å². The average Bonchev–Trinajstić information content (AvgIpc) is 2.53. The van der Waals surface area contributed by atoms with Gasteiger partial charge in [-0.15, -0.1) is 0 Å². The van der Waals surface area contributed by atoms with E-state index in [1.54, 1.807) is 27.7 Å². The molecule has 1 N–H and O–H groups in total. The summed E-state index contributed by atoms with van der Waals surface area (Å²) in [5.74, 6) is -0.458. The Kier molecular flexibility index (Phi) is 6.29. The third-order valence-electron chi connectivity index (χ3n) is 3.89. The molecule has 1 heterocycles. The number of amides is 1. The van der Waals surface area contributed by atoms with Crippen molar-refractivity contribution in [2.24, 2.45) is 0 Å². The molecule has 0 fully saturated rings. The summed E-state index contributed by atoms with van der Waals surface area (Å²) in [5, 5.41) is 2.65. The van der Waals surface area contributed by atoms with Gasteiger partial charge in [0.25, 0.3) is 0 Å². The molecule has 6 heteroatoms. The van der Waals surface area contributed by atoms with E-state index in [0.717, 1.165) is 17.7 Å². The summed E-state index contributed by atoms with van der Waals surface area (Å²) in [5.41, 5.74) is 2.74. The number of fused-ring (bicyclic) bond motifs is 1.